The molecule has 2 aromatic carbocycles. The molecule has 222 valence electrons. The van der Waals surface area contributed by atoms with E-state index in [1.54, 1.807) is 24.3 Å². The summed E-state index contributed by atoms with van der Waals surface area (Å²) in [6, 6.07) is 15.2. The molecule has 5 N–H and O–H groups in total. The van der Waals surface area contributed by atoms with Crippen LogP contribution in [-0.4, -0.2) is 45.2 Å². The lowest BCUT2D eigenvalue weighted by Crippen LogP contribution is -2.62. The molecule has 42 heavy (non-hydrogen) atoms. The Bertz CT molecular complexity index is 1450. The number of ketones is 2. The van der Waals surface area contributed by atoms with Crippen LogP contribution in [0.25, 0.3) is 0 Å². The van der Waals surface area contributed by atoms with Crippen molar-refractivity contribution in [3.05, 3.63) is 89.0 Å². The average Bonchev–Trinajstić information content (AvgIpc) is 3.25. The highest BCUT2D eigenvalue weighted by Crippen LogP contribution is 2.68. The van der Waals surface area contributed by atoms with Crippen molar-refractivity contribution < 1.29 is 29.6 Å². The zero-order valence-corrected chi connectivity index (χ0v) is 24.3. The van der Waals surface area contributed by atoms with E-state index < -0.39 is 41.2 Å². The number of carbonyl (C=O) groups is 2. The minimum atomic E-state index is -1.44. The topological polar surface area (TPSA) is 130 Å². The van der Waals surface area contributed by atoms with Gasteiger partial charge in [0.15, 0.2) is 17.9 Å². The van der Waals surface area contributed by atoms with E-state index in [0.717, 1.165) is 29.5 Å². The number of hydrogen-bond donors (Lipinski definition) is 4. The van der Waals surface area contributed by atoms with E-state index in [0.29, 0.717) is 36.9 Å². The summed E-state index contributed by atoms with van der Waals surface area (Å²) in [5.41, 5.74) is 7.71. The zero-order chi connectivity index (χ0) is 29.9. The molecule has 7 heteroatoms. The van der Waals surface area contributed by atoms with Crippen LogP contribution in [0.1, 0.15) is 68.9 Å². The lowest BCUT2D eigenvalue weighted by atomic mass is 9.46. The second-order valence-electron chi connectivity index (χ2n) is 13.3. The van der Waals surface area contributed by atoms with E-state index in [9.17, 15) is 24.9 Å². The molecule has 7 nitrogen and oxygen atoms in total. The maximum Gasteiger partial charge on any atom is 0.190 e. The molecule has 4 aliphatic carbocycles. The Kier molecular flexibility index (Phi) is 7.29. The number of nitrogens with two attached hydrogens (primary N) is 1. The number of carbonyl (C=O) groups excluding carboxylic acids is 2. The molecule has 0 heterocycles. The quantitative estimate of drug-likeness (QED) is 0.285. The van der Waals surface area contributed by atoms with Crippen molar-refractivity contribution in [3.63, 3.8) is 0 Å². The number of rotatable bonds is 7. The molecule has 2 aromatic rings. The second kappa shape index (κ2) is 10.6. The summed E-state index contributed by atoms with van der Waals surface area (Å²) in [4.78, 5) is 25.7. The third-order valence-corrected chi connectivity index (χ3v) is 11.1. The Balaban J connectivity index is 1.27. The molecule has 8 atom stereocenters. The molecular weight excluding hydrogens is 530 g/mol. The van der Waals surface area contributed by atoms with E-state index in [4.69, 9.17) is 10.5 Å². The number of benzene rings is 2. The first kappa shape index (κ1) is 29.0. The van der Waals surface area contributed by atoms with Crippen LogP contribution in [0, 0.1) is 28.6 Å². The molecule has 0 aromatic heterocycles. The Labute approximate surface area is 247 Å². The van der Waals surface area contributed by atoms with Crippen molar-refractivity contribution in [2.45, 2.75) is 70.4 Å². The van der Waals surface area contributed by atoms with E-state index in [1.165, 1.54) is 0 Å². The molecule has 0 amide bonds. The minimum absolute atomic E-state index is 0.00956. The maximum atomic E-state index is 13.6. The fraction of sp³-hybridized carbons (Fsp3) is 0.486. The number of fused-ring (bicyclic) bond motifs is 5. The highest BCUT2D eigenvalue weighted by atomic mass is 16.6. The van der Waals surface area contributed by atoms with Crippen LogP contribution in [0.5, 0.6) is 0 Å². The second-order valence-corrected chi connectivity index (χ2v) is 13.3. The van der Waals surface area contributed by atoms with Gasteiger partial charge >= 0.3 is 0 Å². The first-order valence-electron chi connectivity index (χ1n) is 15.1. The number of nitrogen functional groups attached to an aromatic ring is 1. The smallest absolute Gasteiger partial charge is 0.190 e. The Hall–Kier alpha value is -3.10. The Morgan fingerprint density at radius 2 is 1.88 bits per heavy atom. The molecule has 4 aliphatic rings. The fourth-order valence-corrected chi connectivity index (χ4v) is 9.16. The zero-order valence-electron chi connectivity index (χ0n) is 24.3. The normalized spacial score (nSPS) is 36.0. The summed E-state index contributed by atoms with van der Waals surface area (Å²) in [6.07, 6.45) is 6.82. The molecule has 0 spiro atoms. The molecular formula is C35H41NO6. The van der Waals surface area contributed by atoms with Gasteiger partial charge in [0.25, 0.3) is 0 Å². The van der Waals surface area contributed by atoms with Gasteiger partial charge < -0.3 is 25.8 Å². The molecule has 0 bridgehead atoms. The van der Waals surface area contributed by atoms with Gasteiger partial charge in [0, 0.05) is 28.0 Å². The summed E-state index contributed by atoms with van der Waals surface area (Å²) in [7, 11) is 0. The molecule has 0 saturated heterocycles. The third-order valence-electron chi connectivity index (χ3n) is 11.1. The Morgan fingerprint density at radius 1 is 1.12 bits per heavy atom. The number of aliphatic hydroxyl groups excluding tert-OH is 3. The first-order chi connectivity index (χ1) is 20.0. The van der Waals surface area contributed by atoms with Gasteiger partial charge in [-0.25, -0.2) is 0 Å². The average molecular weight is 572 g/mol. The molecule has 0 unspecified atom stereocenters. The van der Waals surface area contributed by atoms with E-state index in [-0.39, 0.29) is 23.5 Å². The molecule has 3 fully saturated rings. The number of aliphatic hydroxyl groups is 3. The highest BCUT2D eigenvalue weighted by molar-refractivity contribution is 6.01. The van der Waals surface area contributed by atoms with E-state index in [1.807, 2.05) is 49.4 Å². The van der Waals surface area contributed by atoms with Crippen molar-refractivity contribution >= 4 is 17.3 Å². The van der Waals surface area contributed by atoms with Crippen LogP contribution in [0.2, 0.25) is 0 Å². The summed E-state index contributed by atoms with van der Waals surface area (Å²) >= 11 is 0. The lowest BCUT2D eigenvalue weighted by Gasteiger charge is -2.60. The monoisotopic (exact) mass is 571 g/mol. The summed E-state index contributed by atoms with van der Waals surface area (Å²) < 4.78 is 6.41. The van der Waals surface area contributed by atoms with E-state index >= 15 is 0 Å². The first-order valence-corrected chi connectivity index (χ1v) is 15.1. The molecule has 3 saturated carbocycles. The lowest BCUT2D eigenvalue weighted by molar-refractivity contribution is -0.243. The maximum absolute atomic E-state index is 13.6. The Morgan fingerprint density at radius 3 is 2.60 bits per heavy atom. The predicted molar refractivity (Wildman–Crippen MR) is 159 cm³/mol. The van der Waals surface area contributed by atoms with E-state index in [2.05, 4.69) is 6.92 Å². The molecule has 6 rings (SSSR count). The van der Waals surface area contributed by atoms with Gasteiger partial charge in [0.05, 0.1) is 6.10 Å². The SMILES string of the molecule is C[C@]12C=CC(=O)C=C1CC[C@@H]1[C@@H]2[C@@H](O)C[C@@]2(C)[C@H]1CC[C@]2(O[C@@H](O)c1ccc(Cc2cccc(N)c2)cc1)C(=O)CO. The van der Waals surface area contributed by atoms with Crippen molar-refractivity contribution in [1.29, 1.82) is 0 Å². The molecule has 0 radical (unpaired) electrons. The van der Waals surface area contributed by atoms with Crippen LogP contribution >= 0.6 is 0 Å². The summed E-state index contributed by atoms with van der Waals surface area (Å²) in [5.74, 6) is -0.388. The van der Waals surface area contributed by atoms with Crippen LogP contribution in [0.4, 0.5) is 5.69 Å². The predicted octanol–water partition coefficient (Wildman–Crippen LogP) is 4.45. The standard InChI is InChI=1S/C35H41NO6/c1-33-14-12-26(38)18-24(33)10-11-27-28-13-15-35(30(40)20-37,34(28,2)19-29(39)31(27)33)42-32(41)23-8-6-21(7-9-23)16-22-4-3-5-25(36)17-22/h3-9,12,14,17-18,27-29,31-32,37,39,41H,10-11,13,15-16,19-20,36H2,1-2H3/t27-,28-,29-,31+,32+,33-,34-,35-/m0/s1. The van der Waals surface area contributed by atoms with Crippen molar-refractivity contribution in [2.24, 2.45) is 28.6 Å². The number of Topliss-reactive ketones (excluding diaryl/α,β-unsaturated/α-hetero) is 1. The summed E-state index contributed by atoms with van der Waals surface area (Å²) in [5, 5.41) is 33.2. The number of anilines is 1. The van der Waals surface area contributed by atoms with Gasteiger partial charge in [-0.15, -0.1) is 0 Å². The number of hydrogen-bond acceptors (Lipinski definition) is 7. The van der Waals surface area contributed by atoms with Gasteiger partial charge in [-0.05, 0) is 85.8 Å². The third kappa shape index (κ3) is 4.49. The van der Waals surface area contributed by atoms with Gasteiger partial charge in [0.2, 0.25) is 0 Å². The number of ether oxygens (including phenoxy) is 1. The molecule has 0 aliphatic heterocycles. The van der Waals surface area contributed by atoms with Gasteiger partial charge in [-0.3, -0.25) is 9.59 Å². The van der Waals surface area contributed by atoms with Crippen LogP contribution in [-0.2, 0) is 20.7 Å². The highest BCUT2D eigenvalue weighted by Gasteiger charge is 2.69. The van der Waals surface area contributed by atoms with Crippen LogP contribution in [0.3, 0.4) is 0 Å². The largest absolute Gasteiger partial charge is 0.399 e. The van der Waals surface area contributed by atoms with Gasteiger partial charge in [0.1, 0.15) is 12.2 Å². The van der Waals surface area contributed by atoms with Gasteiger partial charge in [-0.1, -0.05) is 61.9 Å². The van der Waals surface area contributed by atoms with Crippen molar-refractivity contribution in [1.82, 2.24) is 0 Å². The van der Waals surface area contributed by atoms with Crippen molar-refractivity contribution in [3.8, 4) is 0 Å². The minimum Gasteiger partial charge on any atom is -0.399 e. The fourth-order valence-electron chi connectivity index (χ4n) is 9.16. The van der Waals surface area contributed by atoms with Crippen molar-refractivity contribution in [2.75, 3.05) is 12.3 Å². The van der Waals surface area contributed by atoms with Crippen LogP contribution in [0.15, 0.2) is 72.3 Å². The van der Waals surface area contributed by atoms with Crippen LogP contribution < -0.4 is 5.73 Å². The number of allylic oxidation sites excluding steroid dienone is 4. The van der Waals surface area contributed by atoms with Gasteiger partial charge in [-0.2, -0.15) is 0 Å². The summed E-state index contributed by atoms with van der Waals surface area (Å²) in [6.45, 7) is 3.41.